The van der Waals surface area contributed by atoms with Crippen LogP contribution >= 0.6 is 0 Å². The molecule has 8 nitrogen and oxygen atoms in total. The van der Waals surface area contributed by atoms with E-state index in [1.807, 2.05) is 0 Å². The molecule has 0 saturated heterocycles. The van der Waals surface area contributed by atoms with Gasteiger partial charge in [-0.2, -0.15) is 4.31 Å². The molecule has 0 aliphatic rings. The Morgan fingerprint density at radius 1 is 1.20 bits per heavy atom. The number of benzene rings is 1. The van der Waals surface area contributed by atoms with Gasteiger partial charge in [-0.05, 0) is 24.3 Å². The molecule has 0 N–H and O–H groups in total. The Labute approximate surface area is 145 Å². The van der Waals surface area contributed by atoms with Crippen LogP contribution in [-0.2, 0) is 21.4 Å². The first-order valence-electron chi connectivity index (χ1n) is 7.33. The maximum Gasteiger partial charge on any atom is 0.243 e. The van der Waals surface area contributed by atoms with Crippen LogP contribution in [0.15, 0.2) is 45.9 Å². The van der Waals surface area contributed by atoms with Crippen LogP contribution in [0, 0.1) is 0 Å². The number of rotatable bonds is 9. The first kappa shape index (κ1) is 18.8. The van der Waals surface area contributed by atoms with Crippen LogP contribution in [0.3, 0.4) is 0 Å². The molecule has 2 aromatic rings. The average molecular weight is 368 g/mol. The monoisotopic (exact) mass is 368 g/mol. The normalized spacial score (nSPS) is 11.5. The lowest BCUT2D eigenvalue weighted by atomic mass is 10.3. The summed E-state index contributed by atoms with van der Waals surface area (Å²) in [6.45, 7) is -0.351. The summed E-state index contributed by atoms with van der Waals surface area (Å²) in [6, 6.07) is 7.38. The lowest BCUT2D eigenvalue weighted by Gasteiger charge is -2.22. The van der Waals surface area contributed by atoms with Crippen LogP contribution in [0.2, 0.25) is 0 Å². The zero-order valence-electron chi connectivity index (χ0n) is 13.8. The van der Waals surface area contributed by atoms with Crippen molar-refractivity contribution in [1.82, 2.24) is 4.31 Å². The van der Waals surface area contributed by atoms with E-state index in [0.29, 0.717) is 11.5 Å². The van der Waals surface area contributed by atoms with Crippen molar-refractivity contribution in [1.29, 1.82) is 0 Å². The second kappa shape index (κ2) is 8.04. The number of sulfonamides is 1. The fraction of sp³-hybridized carbons (Fsp3) is 0.312. The molecule has 1 heterocycles. The average Bonchev–Trinajstić information content (AvgIpc) is 3.10. The third kappa shape index (κ3) is 4.52. The molecule has 136 valence electrons. The van der Waals surface area contributed by atoms with E-state index in [2.05, 4.69) is 0 Å². The van der Waals surface area contributed by atoms with E-state index in [4.69, 9.17) is 13.9 Å². The summed E-state index contributed by atoms with van der Waals surface area (Å²) in [7, 11) is -1.15. The molecule has 0 spiro atoms. The van der Waals surface area contributed by atoms with Crippen molar-refractivity contribution < 1.29 is 32.2 Å². The lowest BCUT2D eigenvalue weighted by Crippen LogP contribution is -2.35. The summed E-state index contributed by atoms with van der Waals surface area (Å²) < 4.78 is 42.2. The summed E-state index contributed by atoms with van der Waals surface area (Å²) in [5.41, 5.74) is 0. The highest BCUT2D eigenvalue weighted by Gasteiger charge is 2.26. The van der Waals surface area contributed by atoms with Crippen molar-refractivity contribution in [3.05, 3.63) is 42.4 Å². The number of carbonyl (C=O) groups excluding carboxylic acids is 1. The zero-order valence-corrected chi connectivity index (χ0v) is 14.6. The van der Waals surface area contributed by atoms with Crippen molar-refractivity contribution in [2.24, 2.45) is 0 Å². The highest BCUT2D eigenvalue weighted by molar-refractivity contribution is 7.89. The summed E-state index contributed by atoms with van der Waals surface area (Å²) in [4.78, 5) is 10.7. The molecule has 25 heavy (non-hydrogen) atoms. The van der Waals surface area contributed by atoms with Gasteiger partial charge in [0.05, 0.1) is 31.9 Å². The van der Waals surface area contributed by atoms with Crippen LogP contribution < -0.4 is 14.6 Å². The number of ether oxygens (including phenoxy) is 2. The number of furan rings is 1. The number of carboxylic acids is 1. The quantitative estimate of drug-likeness (QED) is 0.638. The highest BCUT2D eigenvalue weighted by atomic mass is 32.2. The SMILES string of the molecule is COc1ccc(S(=O)(=O)N(CCC(=O)[O-])Cc2ccco2)cc1OC. The number of aliphatic carboxylic acids is 1. The van der Waals surface area contributed by atoms with Gasteiger partial charge in [0.25, 0.3) is 0 Å². The Kier molecular flexibility index (Phi) is 6.05. The van der Waals surface area contributed by atoms with Crippen LogP contribution in [0.25, 0.3) is 0 Å². The van der Waals surface area contributed by atoms with Crippen molar-refractivity contribution >= 4 is 16.0 Å². The molecule has 0 aliphatic heterocycles. The fourth-order valence-electron chi connectivity index (χ4n) is 2.20. The van der Waals surface area contributed by atoms with Crippen molar-refractivity contribution in [2.75, 3.05) is 20.8 Å². The summed E-state index contributed by atoms with van der Waals surface area (Å²) in [5, 5.41) is 10.8. The fourth-order valence-corrected chi connectivity index (χ4v) is 3.63. The molecule has 0 unspecified atom stereocenters. The minimum absolute atomic E-state index is 0.0462. The van der Waals surface area contributed by atoms with Gasteiger partial charge in [0.2, 0.25) is 10.0 Å². The Balaban J connectivity index is 2.37. The molecular formula is C16H18NO7S-. The van der Waals surface area contributed by atoms with Crippen LogP contribution in [0.1, 0.15) is 12.2 Å². The standard InChI is InChI=1S/C16H19NO7S/c1-22-14-6-5-13(10-15(14)23-2)25(20,21)17(8-7-16(18)19)11-12-4-3-9-24-12/h3-6,9-10H,7-8,11H2,1-2H3,(H,18,19)/p-1. The topological polar surface area (TPSA) is 109 Å². The third-order valence-electron chi connectivity index (χ3n) is 3.47. The Bertz CT molecular complexity index is 815. The first-order valence-corrected chi connectivity index (χ1v) is 8.77. The van der Waals surface area contributed by atoms with Crippen LogP contribution in [-0.4, -0.2) is 39.5 Å². The number of carbonyl (C=O) groups is 1. The van der Waals surface area contributed by atoms with Crippen LogP contribution in [0.5, 0.6) is 11.5 Å². The van der Waals surface area contributed by atoms with E-state index in [1.54, 1.807) is 12.1 Å². The smallest absolute Gasteiger partial charge is 0.243 e. The van der Waals surface area contributed by atoms with Gasteiger partial charge in [-0.1, -0.05) is 0 Å². The molecule has 0 saturated carbocycles. The zero-order chi connectivity index (χ0) is 18.4. The number of carboxylic acid groups (broad SMARTS) is 1. The largest absolute Gasteiger partial charge is 0.550 e. The highest BCUT2D eigenvalue weighted by Crippen LogP contribution is 2.31. The molecule has 0 aliphatic carbocycles. The van der Waals surface area contributed by atoms with Crippen molar-refractivity contribution in [3.63, 3.8) is 0 Å². The molecule has 0 radical (unpaired) electrons. The first-order chi connectivity index (χ1) is 11.9. The van der Waals surface area contributed by atoms with Gasteiger partial charge in [0.15, 0.2) is 11.5 Å². The van der Waals surface area contributed by atoms with E-state index in [9.17, 15) is 18.3 Å². The molecule has 0 atom stereocenters. The minimum atomic E-state index is -3.98. The molecular weight excluding hydrogens is 350 g/mol. The lowest BCUT2D eigenvalue weighted by molar-refractivity contribution is -0.305. The van der Waals surface area contributed by atoms with Gasteiger partial charge in [-0.25, -0.2) is 8.42 Å². The van der Waals surface area contributed by atoms with E-state index >= 15 is 0 Å². The predicted molar refractivity (Wildman–Crippen MR) is 85.5 cm³/mol. The maximum absolute atomic E-state index is 12.9. The summed E-state index contributed by atoms with van der Waals surface area (Å²) in [6.07, 6.45) is 0.975. The molecule has 2 rings (SSSR count). The van der Waals surface area contributed by atoms with E-state index in [0.717, 1.165) is 4.31 Å². The van der Waals surface area contributed by atoms with Gasteiger partial charge in [-0.15, -0.1) is 0 Å². The maximum atomic E-state index is 12.9. The van der Waals surface area contributed by atoms with E-state index in [-0.39, 0.29) is 23.7 Å². The third-order valence-corrected chi connectivity index (χ3v) is 5.31. The molecule has 0 amide bonds. The van der Waals surface area contributed by atoms with Gasteiger partial charge < -0.3 is 23.8 Å². The van der Waals surface area contributed by atoms with E-state index < -0.39 is 22.4 Å². The Morgan fingerprint density at radius 2 is 1.92 bits per heavy atom. The number of hydrogen-bond acceptors (Lipinski definition) is 7. The minimum Gasteiger partial charge on any atom is -0.550 e. The Morgan fingerprint density at radius 3 is 2.48 bits per heavy atom. The van der Waals surface area contributed by atoms with Gasteiger partial charge in [-0.3, -0.25) is 0 Å². The molecule has 0 bridgehead atoms. The van der Waals surface area contributed by atoms with Crippen LogP contribution in [0.4, 0.5) is 0 Å². The van der Waals surface area contributed by atoms with Gasteiger partial charge in [0.1, 0.15) is 5.76 Å². The summed E-state index contributed by atoms with van der Waals surface area (Å²) >= 11 is 0. The molecule has 0 fully saturated rings. The van der Waals surface area contributed by atoms with Gasteiger partial charge >= 0.3 is 0 Å². The number of hydrogen-bond donors (Lipinski definition) is 0. The predicted octanol–water partition coefficient (Wildman–Crippen LogP) is 0.628. The van der Waals surface area contributed by atoms with Gasteiger partial charge in [0, 0.05) is 25.0 Å². The van der Waals surface area contributed by atoms with Crippen molar-refractivity contribution in [2.45, 2.75) is 17.9 Å². The second-order valence-electron chi connectivity index (χ2n) is 5.06. The number of nitrogens with zero attached hydrogens (tertiary/aromatic N) is 1. The number of methoxy groups -OCH3 is 2. The molecule has 1 aromatic carbocycles. The second-order valence-corrected chi connectivity index (χ2v) is 6.99. The molecule has 1 aromatic heterocycles. The molecule has 9 heteroatoms. The van der Waals surface area contributed by atoms with E-state index in [1.165, 1.54) is 38.7 Å². The summed E-state index contributed by atoms with van der Waals surface area (Å²) in [5.74, 6) is -0.315. The Hall–Kier alpha value is -2.52. The van der Waals surface area contributed by atoms with Crippen molar-refractivity contribution in [3.8, 4) is 11.5 Å².